The summed E-state index contributed by atoms with van der Waals surface area (Å²) in [5, 5.41) is 0. The molecule has 0 spiro atoms. The number of aryl methyl sites for hydroxylation is 1. The maximum absolute atomic E-state index is 12.5. The van der Waals surface area contributed by atoms with Gasteiger partial charge in [-0.25, -0.2) is 13.8 Å². The molecule has 2 N–H and O–H groups in total. The van der Waals surface area contributed by atoms with E-state index in [-0.39, 0.29) is 5.56 Å². The smallest absolute Gasteiger partial charge is 0.325 e. The van der Waals surface area contributed by atoms with Crippen LogP contribution in [0.3, 0.4) is 0 Å². The normalized spacial score (nSPS) is 12.2. The SMILES string of the molecule is Cc1cc(C(F)(F)F)nc(CN)c1C(F)F. The van der Waals surface area contributed by atoms with Crippen molar-refractivity contribution in [2.45, 2.75) is 26.1 Å². The second kappa shape index (κ2) is 4.32. The topological polar surface area (TPSA) is 38.9 Å². The Hall–Kier alpha value is -1.24. The minimum absolute atomic E-state index is 0.155. The van der Waals surface area contributed by atoms with Gasteiger partial charge in [0.1, 0.15) is 5.69 Å². The quantitative estimate of drug-likeness (QED) is 0.807. The molecule has 0 unspecified atom stereocenters. The fourth-order valence-corrected chi connectivity index (χ4v) is 1.35. The monoisotopic (exact) mass is 240 g/mol. The highest BCUT2D eigenvalue weighted by Crippen LogP contribution is 2.32. The Kier molecular flexibility index (Phi) is 3.47. The van der Waals surface area contributed by atoms with Gasteiger partial charge in [-0.1, -0.05) is 0 Å². The molecule has 90 valence electrons. The molecule has 0 aliphatic heterocycles. The molecule has 2 nitrogen and oxygen atoms in total. The Balaban J connectivity index is 3.38. The van der Waals surface area contributed by atoms with Crippen molar-refractivity contribution in [3.05, 3.63) is 28.6 Å². The molecular formula is C9H9F5N2. The predicted octanol–water partition coefficient (Wildman–Crippen LogP) is 2.81. The Morgan fingerprint density at radius 2 is 1.94 bits per heavy atom. The fraction of sp³-hybridized carbons (Fsp3) is 0.444. The van der Waals surface area contributed by atoms with Gasteiger partial charge in [0.2, 0.25) is 0 Å². The molecule has 0 amide bonds. The van der Waals surface area contributed by atoms with Crippen molar-refractivity contribution in [1.82, 2.24) is 4.98 Å². The number of nitrogens with two attached hydrogens (primary N) is 1. The zero-order valence-electron chi connectivity index (χ0n) is 8.28. The van der Waals surface area contributed by atoms with Gasteiger partial charge in [0.05, 0.1) is 5.69 Å². The number of pyridine rings is 1. The fourth-order valence-electron chi connectivity index (χ4n) is 1.35. The van der Waals surface area contributed by atoms with Crippen LogP contribution < -0.4 is 5.73 Å². The maximum atomic E-state index is 12.5. The molecule has 0 atom stereocenters. The van der Waals surface area contributed by atoms with Gasteiger partial charge in [-0.05, 0) is 18.6 Å². The summed E-state index contributed by atoms with van der Waals surface area (Å²) in [6.07, 6.45) is -7.54. The number of halogens is 5. The lowest BCUT2D eigenvalue weighted by atomic mass is 10.1. The molecule has 1 aromatic rings. The Labute approximate surface area is 88.3 Å². The van der Waals surface area contributed by atoms with E-state index in [0.29, 0.717) is 6.07 Å². The minimum Gasteiger partial charge on any atom is -0.325 e. The van der Waals surface area contributed by atoms with Crippen LogP contribution in [0.1, 0.15) is 28.9 Å². The van der Waals surface area contributed by atoms with Gasteiger partial charge in [-0.15, -0.1) is 0 Å². The number of rotatable bonds is 2. The number of alkyl halides is 5. The van der Waals surface area contributed by atoms with E-state index in [9.17, 15) is 22.0 Å². The van der Waals surface area contributed by atoms with Crippen LogP contribution in [0.5, 0.6) is 0 Å². The van der Waals surface area contributed by atoms with E-state index < -0.39 is 36.1 Å². The second-order valence-corrected chi connectivity index (χ2v) is 3.19. The molecule has 7 heteroatoms. The van der Waals surface area contributed by atoms with Crippen molar-refractivity contribution < 1.29 is 22.0 Å². The number of hydrogen-bond acceptors (Lipinski definition) is 2. The summed E-state index contributed by atoms with van der Waals surface area (Å²) < 4.78 is 62.0. The molecule has 1 rings (SSSR count). The zero-order valence-corrected chi connectivity index (χ0v) is 8.28. The van der Waals surface area contributed by atoms with Gasteiger partial charge in [-0.3, -0.25) is 0 Å². The van der Waals surface area contributed by atoms with Crippen LogP contribution in [-0.2, 0) is 12.7 Å². The van der Waals surface area contributed by atoms with Crippen LogP contribution in [0.4, 0.5) is 22.0 Å². The van der Waals surface area contributed by atoms with E-state index in [4.69, 9.17) is 5.73 Å². The summed E-state index contributed by atoms with van der Waals surface area (Å²) in [7, 11) is 0. The van der Waals surface area contributed by atoms with E-state index in [1.807, 2.05) is 0 Å². The highest BCUT2D eigenvalue weighted by atomic mass is 19.4. The predicted molar refractivity (Wildman–Crippen MR) is 46.8 cm³/mol. The molecule has 1 aromatic heterocycles. The van der Waals surface area contributed by atoms with E-state index in [2.05, 4.69) is 4.98 Å². The van der Waals surface area contributed by atoms with E-state index >= 15 is 0 Å². The van der Waals surface area contributed by atoms with Crippen molar-refractivity contribution in [2.24, 2.45) is 5.73 Å². The summed E-state index contributed by atoms with van der Waals surface area (Å²) >= 11 is 0. The van der Waals surface area contributed by atoms with Crippen LogP contribution in [-0.4, -0.2) is 4.98 Å². The largest absolute Gasteiger partial charge is 0.433 e. The minimum atomic E-state index is -4.66. The molecule has 0 fully saturated rings. The summed E-state index contributed by atoms with van der Waals surface area (Å²) in [5.74, 6) is 0. The zero-order chi connectivity index (χ0) is 12.5. The molecular weight excluding hydrogens is 231 g/mol. The van der Waals surface area contributed by atoms with Gasteiger partial charge in [-0.2, -0.15) is 13.2 Å². The molecule has 0 radical (unpaired) electrons. The van der Waals surface area contributed by atoms with E-state index in [1.54, 1.807) is 0 Å². The lowest BCUT2D eigenvalue weighted by Crippen LogP contribution is -2.15. The van der Waals surface area contributed by atoms with Crippen molar-refractivity contribution in [3.8, 4) is 0 Å². The third kappa shape index (κ3) is 2.46. The Morgan fingerprint density at radius 3 is 2.31 bits per heavy atom. The van der Waals surface area contributed by atoms with Gasteiger partial charge in [0, 0.05) is 12.1 Å². The number of hydrogen-bond donors (Lipinski definition) is 1. The molecule has 0 saturated heterocycles. The van der Waals surface area contributed by atoms with E-state index in [1.165, 1.54) is 6.92 Å². The van der Waals surface area contributed by atoms with Crippen LogP contribution in [0.2, 0.25) is 0 Å². The van der Waals surface area contributed by atoms with Gasteiger partial charge < -0.3 is 5.73 Å². The van der Waals surface area contributed by atoms with Gasteiger partial charge >= 0.3 is 6.18 Å². The lowest BCUT2D eigenvalue weighted by molar-refractivity contribution is -0.141. The molecule has 1 heterocycles. The van der Waals surface area contributed by atoms with Crippen molar-refractivity contribution in [3.63, 3.8) is 0 Å². The third-order valence-electron chi connectivity index (χ3n) is 2.05. The highest BCUT2D eigenvalue weighted by Gasteiger charge is 2.34. The Morgan fingerprint density at radius 1 is 1.38 bits per heavy atom. The Bertz CT molecular complexity index is 386. The molecule has 0 bridgehead atoms. The standard InChI is InChI=1S/C9H9F5N2/c1-4-2-6(9(12,13)14)16-5(3-15)7(4)8(10)11/h2,8H,3,15H2,1H3. The number of nitrogens with zero attached hydrogens (tertiary/aromatic N) is 1. The van der Waals surface area contributed by atoms with Gasteiger partial charge in [0.25, 0.3) is 6.43 Å². The highest BCUT2D eigenvalue weighted by molar-refractivity contribution is 5.33. The summed E-state index contributed by atoms with van der Waals surface area (Å²) in [5.41, 5.74) is 2.82. The second-order valence-electron chi connectivity index (χ2n) is 3.19. The molecule has 0 aliphatic rings. The molecule has 16 heavy (non-hydrogen) atoms. The summed E-state index contributed by atoms with van der Waals surface area (Å²) in [6.45, 7) is 0.724. The first-order valence-electron chi connectivity index (χ1n) is 4.33. The first-order valence-corrected chi connectivity index (χ1v) is 4.33. The maximum Gasteiger partial charge on any atom is 0.433 e. The first kappa shape index (κ1) is 12.8. The van der Waals surface area contributed by atoms with Crippen LogP contribution in [0.25, 0.3) is 0 Å². The van der Waals surface area contributed by atoms with Crippen molar-refractivity contribution in [1.29, 1.82) is 0 Å². The van der Waals surface area contributed by atoms with Crippen LogP contribution in [0.15, 0.2) is 6.07 Å². The summed E-state index contributed by atoms with van der Waals surface area (Å²) in [6, 6.07) is 0.598. The molecule has 0 aliphatic carbocycles. The molecule has 0 saturated carbocycles. The van der Waals surface area contributed by atoms with Crippen molar-refractivity contribution in [2.75, 3.05) is 0 Å². The lowest BCUT2D eigenvalue weighted by Gasteiger charge is -2.13. The average Bonchev–Trinajstić information content (AvgIpc) is 2.14. The number of aromatic nitrogens is 1. The van der Waals surface area contributed by atoms with Crippen LogP contribution >= 0.6 is 0 Å². The summed E-state index contributed by atoms with van der Waals surface area (Å²) in [4.78, 5) is 3.11. The van der Waals surface area contributed by atoms with Gasteiger partial charge in [0.15, 0.2) is 0 Å². The molecule has 0 aromatic carbocycles. The third-order valence-corrected chi connectivity index (χ3v) is 2.05. The van der Waals surface area contributed by atoms with E-state index in [0.717, 1.165) is 0 Å². The van der Waals surface area contributed by atoms with Crippen molar-refractivity contribution >= 4 is 0 Å². The first-order chi connectivity index (χ1) is 7.27. The van der Waals surface area contributed by atoms with Crippen LogP contribution in [0, 0.1) is 6.92 Å². The average molecular weight is 240 g/mol.